The highest BCUT2D eigenvalue weighted by Gasteiger charge is 2.35. The predicted octanol–water partition coefficient (Wildman–Crippen LogP) is 2.32. The van der Waals surface area contributed by atoms with Gasteiger partial charge in [-0.3, -0.25) is 29.0 Å². The molecule has 2 heterocycles. The van der Waals surface area contributed by atoms with Crippen molar-refractivity contribution in [2.24, 2.45) is 0 Å². The van der Waals surface area contributed by atoms with Crippen LogP contribution in [0.15, 0.2) is 60.7 Å². The molecule has 0 unspecified atom stereocenters. The lowest BCUT2D eigenvalue weighted by atomic mass is 9.94. The Morgan fingerprint density at radius 1 is 0.548 bits per heavy atom. The van der Waals surface area contributed by atoms with Crippen LogP contribution in [0.2, 0.25) is 0 Å². The summed E-state index contributed by atoms with van der Waals surface area (Å²) < 4.78 is 0. The molecule has 5 rings (SSSR count). The number of benzene rings is 3. The normalized spacial score (nSPS) is 15.2. The van der Waals surface area contributed by atoms with E-state index in [1.54, 1.807) is 36.4 Å². The van der Waals surface area contributed by atoms with Gasteiger partial charge >= 0.3 is 0 Å². The minimum atomic E-state index is -0.309. The van der Waals surface area contributed by atoms with E-state index in [4.69, 9.17) is 0 Å². The van der Waals surface area contributed by atoms with E-state index in [1.807, 2.05) is 24.3 Å². The highest BCUT2D eigenvalue weighted by molar-refractivity contribution is 6.25. The lowest BCUT2D eigenvalue weighted by molar-refractivity contribution is 0.0611. The lowest BCUT2D eigenvalue weighted by Gasteiger charge is -2.27. The van der Waals surface area contributed by atoms with Crippen molar-refractivity contribution < 1.29 is 19.2 Å². The Morgan fingerprint density at radius 3 is 1.45 bits per heavy atom. The topological polar surface area (TPSA) is 86.8 Å². The third-order valence-corrected chi connectivity index (χ3v) is 5.76. The molecular weight excluding hydrogens is 394 g/mol. The number of carbonyl (C=O) groups excluding carboxylic acids is 4. The monoisotopic (exact) mass is 413 g/mol. The SMILES string of the molecule is O=C1c2ccccc2C(=O)N1CCNCCN1C(=O)c2cccc3cccc(c23)C1=O. The molecule has 3 aromatic carbocycles. The van der Waals surface area contributed by atoms with Crippen LogP contribution in [0.4, 0.5) is 0 Å². The van der Waals surface area contributed by atoms with Crippen LogP contribution >= 0.6 is 0 Å². The molecule has 0 atom stereocenters. The Bertz CT molecular complexity index is 1180. The summed E-state index contributed by atoms with van der Waals surface area (Å²) >= 11 is 0. The van der Waals surface area contributed by atoms with Crippen molar-refractivity contribution in [1.82, 2.24) is 15.1 Å². The van der Waals surface area contributed by atoms with E-state index in [2.05, 4.69) is 5.32 Å². The van der Waals surface area contributed by atoms with Crippen molar-refractivity contribution in [2.75, 3.05) is 26.2 Å². The Kier molecular flexibility index (Phi) is 4.60. The first-order valence-corrected chi connectivity index (χ1v) is 10.1. The number of carbonyl (C=O) groups is 4. The second-order valence-electron chi connectivity index (χ2n) is 7.53. The number of nitrogens with one attached hydrogen (secondary N) is 1. The van der Waals surface area contributed by atoms with E-state index in [0.29, 0.717) is 40.7 Å². The Hall–Kier alpha value is -3.84. The summed E-state index contributed by atoms with van der Waals surface area (Å²) in [6.07, 6.45) is 0. The molecule has 0 aromatic heterocycles. The molecule has 0 aliphatic carbocycles. The van der Waals surface area contributed by atoms with Crippen molar-refractivity contribution in [2.45, 2.75) is 0 Å². The van der Waals surface area contributed by atoms with Crippen molar-refractivity contribution in [3.8, 4) is 0 Å². The van der Waals surface area contributed by atoms with Crippen LogP contribution in [0.5, 0.6) is 0 Å². The lowest BCUT2D eigenvalue weighted by Crippen LogP contribution is -2.44. The summed E-state index contributed by atoms with van der Waals surface area (Å²) in [6.45, 7) is 1.15. The zero-order chi connectivity index (χ0) is 21.5. The van der Waals surface area contributed by atoms with Crippen LogP contribution in [0.3, 0.4) is 0 Å². The number of hydrogen-bond acceptors (Lipinski definition) is 5. The summed E-state index contributed by atoms with van der Waals surface area (Å²) in [7, 11) is 0. The van der Waals surface area contributed by atoms with E-state index in [9.17, 15) is 19.2 Å². The predicted molar refractivity (Wildman–Crippen MR) is 114 cm³/mol. The Morgan fingerprint density at radius 2 is 0.968 bits per heavy atom. The molecule has 0 saturated heterocycles. The molecule has 2 aliphatic heterocycles. The van der Waals surface area contributed by atoms with Gasteiger partial charge in [-0.1, -0.05) is 36.4 Å². The first kappa shape index (κ1) is 19.1. The van der Waals surface area contributed by atoms with Gasteiger partial charge in [0.2, 0.25) is 0 Å². The fraction of sp³-hybridized carbons (Fsp3) is 0.167. The number of fused-ring (bicyclic) bond motifs is 1. The van der Waals surface area contributed by atoms with Gasteiger partial charge in [-0.05, 0) is 29.7 Å². The maximum Gasteiger partial charge on any atom is 0.261 e. The molecule has 154 valence electrons. The van der Waals surface area contributed by atoms with Gasteiger partial charge in [-0.25, -0.2) is 0 Å². The molecule has 1 N–H and O–H groups in total. The molecule has 4 amide bonds. The van der Waals surface area contributed by atoms with Crippen LogP contribution in [-0.2, 0) is 0 Å². The fourth-order valence-electron chi connectivity index (χ4n) is 4.23. The maximum absolute atomic E-state index is 12.9. The van der Waals surface area contributed by atoms with Crippen molar-refractivity contribution in [1.29, 1.82) is 0 Å². The zero-order valence-electron chi connectivity index (χ0n) is 16.6. The van der Waals surface area contributed by atoms with E-state index in [0.717, 1.165) is 5.39 Å². The first-order chi connectivity index (χ1) is 15.1. The summed E-state index contributed by atoms with van der Waals surface area (Å²) in [5.74, 6) is -1.21. The van der Waals surface area contributed by atoms with Gasteiger partial charge in [0.25, 0.3) is 23.6 Å². The van der Waals surface area contributed by atoms with Gasteiger partial charge in [0.1, 0.15) is 0 Å². The minimum Gasteiger partial charge on any atom is -0.313 e. The summed E-state index contributed by atoms with van der Waals surface area (Å²) in [4.78, 5) is 53.0. The molecule has 0 fully saturated rings. The smallest absolute Gasteiger partial charge is 0.261 e. The molecule has 2 aliphatic rings. The average Bonchev–Trinajstić information content (AvgIpc) is 3.04. The molecular formula is C24H19N3O4. The molecule has 7 heteroatoms. The maximum atomic E-state index is 12.9. The molecule has 7 nitrogen and oxygen atoms in total. The summed E-state index contributed by atoms with van der Waals surface area (Å²) in [5.41, 5.74) is 1.90. The Labute approximate surface area is 178 Å². The second-order valence-corrected chi connectivity index (χ2v) is 7.53. The van der Waals surface area contributed by atoms with E-state index >= 15 is 0 Å². The average molecular weight is 413 g/mol. The molecule has 0 bridgehead atoms. The third kappa shape index (κ3) is 3.02. The summed E-state index contributed by atoms with van der Waals surface area (Å²) in [6, 6.07) is 17.6. The van der Waals surface area contributed by atoms with Gasteiger partial charge in [0.15, 0.2) is 0 Å². The van der Waals surface area contributed by atoms with E-state index in [1.165, 1.54) is 9.80 Å². The highest BCUT2D eigenvalue weighted by atomic mass is 16.2. The first-order valence-electron chi connectivity index (χ1n) is 10.1. The van der Waals surface area contributed by atoms with E-state index < -0.39 is 0 Å². The van der Waals surface area contributed by atoms with Gasteiger partial charge in [0.05, 0.1) is 11.1 Å². The standard InChI is InChI=1S/C24H19N3O4/c28-21-16-7-1-2-8-17(16)22(29)26(21)13-11-25-12-14-27-23(30)18-9-3-5-15-6-4-10-19(20(15)18)24(27)31/h1-10,25H,11-14H2. The van der Waals surface area contributed by atoms with Gasteiger partial charge in [0, 0.05) is 42.7 Å². The van der Waals surface area contributed by atoms with Crippen LogP contribution in [-0.4, -0.2) is 59.6 Å². The molecule has 0 radical (unpaired) electrons. The minimum absolute atomic E-state index is 0.199. The summed E-state index contributed by atoms with van der Waals surface area (Å²) in [5, 5.41) is 4.70. The quantitative estimate of drug-likeness (QED) is 0.495. The van der Waals surface area contributed by atoms with Gasteiger partial charge < -0.3 is 5.32 Å². The number of nitrogens with zero attached hydrogens (tertiary/aromatic N) is 2. The van der Waals surface area contributed by atoms with Crippen LogP contribution in [0.1, 0.15) is 41.4 Å². The van der Waals surface area contributed by atoms with Gasteiger partial charge in [-0.15, -0.1) is 0 Å². The number of amides is 4. The second kappa shape index (κ2) is 7.45. The van der Waals surface area contributed by atoms with E-state index in [-0.39, 0.29) is 36.7 Å². The molecule has 3 aromatic rings. The molecule has 31 heavy (non-hydrogen) atoms. The van der Waals surface area contributed by atoms with Crippen LogP contribution in [0.25, 0.3) is 10.8 Å². The number of imide groups is 2. The molecule has 0 spiro atoms. The Balaban J connectivity index is 1.20. The number of rotatable bonds is 6. The van der Waals surface area contributed by atoms with Gasteiger partial charge in [-0.2, -0.15) is 0 Å². The van der Waals surface area contributed by atoms with Crippen molar-refractivity contribution in [3.63, 3.8) is 0 Å². The van der Waals surface area contributed by atoms with Crippen LogP contribution in [0, 0.1) is 0 Å². The fourth-order valence-corrected chi connectivity index (χ4v) is 4.23. The largest absolute Gasteiger partial charge is 0.313 e. The number of hydrogen-bond donors (Lipinski definition) is 1. The third-order valence-electron chi connectivity index (χ3n) is 5.76. The van der Waals surface area contributed by atoms with Crippen LogP contribution < -0.4 is 5.32 Å². The zero-order valence-corrected chi connectivity index (χ0v) is 16.6. The molecule has 0 saturated carbocycles. The van der Waals surface area contributed by atoms with Crippen molar-refractivity contribution in [3.05, 3.63) is 82.9 Å². The highest BCUT2D eigenvalue weighted by Crippen LogP contribution is 2.29. The van der Waals surface area contributed by atoms with Crippen molar-refractivity contribution >= 4 is 34.4 Å².